The Labute approximate surface area is 194 Å². The largest absolute Gasteiger partial charge is 0.393 e. The Morgan fingerprint density at radius 1 is 1.31 bits per heavy atom. The number of carbonyl (C=O) groups excluding carboxylic acids is 1. The molecule has 3 aliphatic rings. The minimum Gasteiger partial charge on any atom is -0.393 e. The third-order valence-corrected chi connectivity index (χ3v) is 9.07. The smallest absolute Gasteiger partial charge is 0.160 e. The summed E-state index contributed by atoms with van der Waals surface area (Å²) in [6.45, 7) is 12.0. The molecule has 3 aliphatic carbocycles. The topological polar surface area (TPSA) is 77.8 Å². The number of allylic oxidation sites excluding steroid dienone is 3. The molecule has 0 heterocycles. The monoisotopic (exact) mass is 444 g/mol. The van der Waals surface area contributed by atoms with E-state index in [0.29, 0.717) is 42.4 Å². The van der Waals surface area contributed by atoms with Gasteiger partial charge in [0.05, 0.1) is 12.2 Å². The lowest BCUT2D eigenvalue weighted by molar-refractivity contribution is -0.134. The molecule has 180 valence electrons. The summed E-state index contributed by atoms with van der Waals surface area (Å²) >= 11 is 0. The van der Waals surface area contributed by atoms with Crippen molar-refractivity contribution in [2.45, 2.75) is 110 Å². The van der Waals surface area contributed by atoms with E-state index in [0.717, 1.165) is 30.4 Å². The molecule has 0 aliphatic heterocycles. The van der Waals surface area contributed by atoms with Crippen LogP contribution in [0.2, 0.25) is 0 Å². The van der Waals surface area contributed by atoms with E-state index in [1.54, 1.807) is 6.92 Å². The fraction of sp³-hybridized carbons (Fsp3) is 0.750. The molecule has 0 radical (unpaired) electrons. The summed E-state index contributed by atoms with van der Waals surface area (Å²) in [4.78, 5) is 11.6. The third-order valence-electron chi connectivity index (χ3n) is 9.07. The lowest BCUT2D eigenvalue weighted by Gasteiger charge is -2.44. The molecule has 3 rings (SSSR count). The first-order chi connectivity index (χ1) is 15.0. The van der Waals surface area contributed by atoms with E-state index < -0.39 is 17.8 Å². The van der Waals surface area contributed by atoms with Gasteiger partial charge in [-0.2, -0.15) is 0 Å². The molecule has 0 amide bonds. The highest BCUT2D eigenvalue weighted by Gasteiger charge is 2.50. The number of hydrogen-bond donors (Lipinski definition) is 3. The van der Waals surface area contributed by atoms with Crippen LogP contribution in [-0.2, 0) is 4.79 Å². The maximum atomic E-state index is 11.6. The highest BCUT2D eigenvalue weighted by atomic mass is 16.3. The molecule has 0 spiro atoms. The average molecular weight is 445 g/mol. The number of fused-ring (bicyclic) bond motifs is 1. The molecule has 7 atom stereocenters. The highest BCUT2D eigenvalue weighted by Crippen LogP contribution is 2.60. The van der Waals surface area contributed by atoms with Crippen molar-refractivity contribution >= 4 is 5.78 Å². The van der Waals surface area contributed by atoms with Crippen molar-refractivity contribution < 1.29 is 20.1 Å². The SMILES string of the molecule is C=C1C(=CC=C2CCC[C@@]3(C)C2CC[C@@H]3[C@H](C)CCC[C@@](C)(O)C(C)=O)C[C@@H](O)C[C@@H]1O. The molecule has 0 aromatic rings. The van der Waals surface area contributed by atoms with Gasteiger partial charge in [-0.25, -0.2) is 0 Å². The zero-order valence-corrected chi connectivity index (χ0v) is 20.6. The molecule has 1 unspecified atom stereocenters. The van der Waals surface area contributed by atoms with Crippen molar-refractivity contribution in [3.8, 4) is 0 Å². The fourth-order valence-corrected chi connectivity index (χ4v) is 6.82. The van der Waals surface area contributed by atoms with Crippen molar-refractivity contribution in [2.75, 3.05) is 0 Å². The van der Waals surface area contributed by atoms with Crippen LogP contribution in [0.15, 0.2) is 35.5 Å². The number of aliphatic hydroxyl groups excluding tert-OH is 2. The van der Waals surface area contributed by atoms with Gasteiger partial charge in [-0.05, 0) is 99.5 Å². The van der Waals surface area contributed by atoms with Gasteiger partial charge in [0, 0.05) is 6.42 Å². The second kappa shape index (κ2) is 9.95. The van der Waals surface area contributed by atoms with Crippen molar-refractivity contribution in [1.29, 1.82) is 0 Å². The van der Waals surface area contributed by atoms with Crippen LogP contribution in [0.3, 0.4) is 0 Å². The number of carbonyl (C=O) groups is 1. The van der Waals surface area contributed by atoms with E-state index in [2.05, 4.69) is 32.6 Å². The molecular formula is C28H44O4. The van der Waals surface area contributed by atoms with Crippen molar-refractivity contribution in [2.24, 2.45) is 23.2 Å². The highest BCUT2D eigenvalue weighted by molar-refractivity contribution is 5.84. The zero-order chi connectivity index (χ0) is 23.7. The molecule has 4 heteroatoms. The van der Waals surface area contributed by atoms with Gasteiger partial charge in [-0.1, -0.05) is 44.6 Å². The van der Waals surface area contributed by atoms with Gasteiger partial charge in [0.25, 0.3) is 0 Å². The minimum absolute atomic E-state index is 0.144. The summed E-state index contributed by atoms with van der Waals surface area (Å²) in [7, 11) is 0. The molecule has 3 saturated carbocycles. The van der Waals surface area contributed by atoms with Gasteiger partial charge in [-0.3, -0.25) is 4.79 Å². The summed E-state index contributed by atoms with van der Waals surface area (Å²) in [6.07, 6.45) is 12.7. The molecular weight excluding hydrogens is 400 g/mol. The maximum absolute atomic E-state index is 11.6. The first-order valence-corrected chi connectivity index (χ1v) is 12.6. The molecule has 3 fully saturated rings. The lowest BCUT2D eigenvalue weighted by atomic mass is 9.60. The van der Waals surface area contributed by atoms with Gasteiger partial charge < -0.3 is 15.3 Å². The quantitative estimate of drug-likeness (QED) is 0.500. The van der Waals surface area contributed by atoms with Crippen LogP contribution in [0, 0.1) is 23.2 Å². The van der Waals surface area contributed by atoms with Crippen LogP contribution in [0.25, 0.3) is 0 Å². The van der Waals surface area contributed by atoms with E-state index in [1.165, 1.54) is 38.2 Å². The molecule has 0 aromatic heterocycles. The van der Waals surface area contributed by atoms with E-state index in [1.807, 2.05) is 0 Å². The number of hydrogen-bond acceptors (Lipinski definition) is 4. The first kappa shape index (κ1) is 25.4. The maximum Gasteiger partial charge on any atom is 0.160 e. The summed E-state index contributed by atoms with van der Waals surface area (Å²) in [5.74, 6) is 1.69. The molecule has 0 bridgehead atoms. The normalized spacial score (nSPS) is 38.5. The zero-order valence-electron chi connectivity index (χ0n) is 20.6. The van der Waals surface area contributed by atoms with Crippen LogP contribution >= 0.6 is 0 Å². The number of Topliss-reactive ketones (excluding diaryl/α,β-unsaturated/α-hetero) is 1. The Kier molecular flexibility index (Phi) is 7.89. The first-order valence-electron chi connectivity index (χ1n) is 12.6. The van der Waals surface area contributed by atoms with Crippen molar-refractivity contribution in [3.05, 3.63) is 35.5 Å². The van der Waals surface area contributed by atoms with Gasteiger partial charge in [-0.15, -0.1) is 0 Å². The van der Waals surface area contributed by atoms with Crippen molar-refractivity contribution in [1.82, 2.24) is 0 Å². The van der Waals surface area contributed by atoms with Crippen LogP contribution in [0.5, 0.6) is 0 Å². The Morgan fingerprint density at radius 3 is 2.72 bits per heavy atom. The van der Waals surface area contributed by atoms with E-state index in [9.17, 15) is 20.1 Å². The van der Waals surface area contributed by atoms with Crippen molar-refractivity contribution in [3.63, 3.8) is 0 Å². The Balaban J connectivity index is 1.68. The van der Waals surface area contributed by atoms with E-state index in [4.69, 9.17) is 0 Å². The molecule has 32 heavy (non-hydrogen) atoms. The standard InChI is InChI=1S/C28H44O4/c1-18(8-6-15-28(5,32)20(3)29)24-12-13-25-21(9-7-14-27(24,25)4)10-11-22-16-23(30)17-26(31)19(22)2/h10-11,18,23-26,30-32H,2,6-9,12-17H2,1,3-5H3/t18-,23-,24-,25?,26+,27-,28-/m1/s1. The second-order valence-corrected chi connectivity index (χ2v) is 11.4. The van der Waals surface area contributed by atoms with Gasteiger partial charge in [0.2, 0.25) is 0 Å². The van der Waals surface area contributed by atoms with Crippen LogP contribution in [-0.4, -0.2) is 38.9 Å². The summed E-state index contributed by atoms with van der Waals surface area (Å²) in [5.41, 5.74) is 2.36. The number of aliphatic hydroxyl groups is 3. The lowest BCUT2D eigenvalue weighted by Crippen LogP contribution is -2.36. The molecule has 4 nitrogen and oxygen atoms in total. The molecule has 0 aromatic carbocycles. The summed E-state index contributed by atoms with van der Waals surface area (Å²) in [5, 5.41) is 30.4. The van der Waals surface area contributed by atoms with E-state index in [-0.39, 0.29) is 5.78 Å². The Hall–Kier alpha value is -1.23. The van der Waals surface area contributed by atoms with Gasteiger partial charge >= 0.3 is 0 Å². The predicted octanol–water partition coefficient (Wildman–Crippen LogP) is 5.27. The minimum atomic E-state index is -1.19. The number of ketones is 1. The number of rotatable bonds is 7. The van der Waals surface area contributed by atoms with Crippen LogP contribution < -0.4 is 0 Å². The fourth-order valence-electron chi connectivity index (χ4n) is 6.82. The van der Waals surface area contributed by atoms with Gasteiger partial charge in [0.15, 0.2) is 5.78 Å². The Bertz CT molecular complexity index is 776. The van der Waals surface area contributed by atoms with E-state index >= 15 is 0 Å². The van der Waals surface area contributed by atoms with Crippen LogP contribution in [0.1, 0.15) is 91.9 Å². The molecule has 0 saturated heterocycles. The average Bonchev–Trinajstić information content (AvgIpc) is 3.06. The second-order valence-electron chi connectivity index (χ2n) is 11.4. The van der Waals surface area contributed by atoms with Gasteiger partial charge in [0.1, 0.15) is 5.60 Å². The summed E-state index contributed by atoms with van der Waals surface area (Å²) in [6, 6.07) is 0. The Morgan fingerprint density at radius 2 is 2.03 bits per heavy atom. The van der Waals surface area contributed by atoms with Crippen LogP contribution in [0.4, 0.5) is 0 Å². The molecule has 3 N–H and O–H groups in total. The third kappa shape index (κ3) is 5.29. The summed E-state index contributed by atoms with van der Waals surface area (Å²) < 4.78 is 0. The predicted molar refractivity (Wildman–Crippen MR) is 129 cm³/mol.